The molecule has 1 saturated heterocycles. The lowest BCUT2D eigenvalue weighted by Crippen LogP contribution is -2.31. The molecule has 0 aliphatic carbocycles. The zero-order chi connectivity index (χ0) is 13.3. The number of anilines is 1. The summed E-state index contributed by atoms with van der Waals surface area (Å²) in [6.45, 7) is 2.74. The van der Waals surface area contributed by atoms with E-state index in [9.17, 15) is 0 Å². The molecule has 2 N–H and O–H groups in total. The Bertz CT molecular complexity index is 576. The molecule has 1 aliphatic rings. The van der Waals surface area contributed by atoms with Crippen molar-refractivity contribution in [2.24, 2.45) is 0 Å². The fourth-order valence-corrected chi connectivity index (χ4v) is 2.25. The maximum absolute atomic E-state index is 5.80. The molecule has 6 nitrogen and oxygen atoms in total. The van der Waals surface area contributed by atoms with Gasteiger partial charge in [0.25, 0.3) is 5.89 Å². The number of rotatable bonds is 2. The third-order valence-electron chi connectivity index (χ3n) is 3.40. The van der Waals surface area contributed by atoms with Gasteiger partial charge in [0.05, 0.1) is 0 Å². The zero-order valence-electron chi connectivity index (χ0n) is 10.8. The normalized spacial score (nSPS) is 23.4. The Kier molecular flexibility index (Phi) is 2.94. The molecule has 1 atom stereocenters. The van der Waals surface area contributed by atoms with Crippen molar-refractivity contribution in [3.63, 3.8) is 0 Å². The van der Waals surface area contributed by atoms with Gasteiger partial charge in [-0.15, -0.1) is 0 Å². The van der Waals surface area contributed by atoms with E-state index in [0.717, 1.165) is 31.4 Å². The van der Waals surface area contributed by atoms with Crippen LogP contribution in [0, 0.1) is 0 Å². The Morgan fingerprint density at radius 1 is 1.37 bits per heavy atom. The third-order valence-corrected chi connectivity index (χ3v) is 3.40. The smallest absolute Gasteiger partial charge is 0.258 e. The molecule has 0 saturated carbocycles. The molecule has 1 fully saturated rings. The van der Waals surface area contributed by atoms with E-state index in [4.69, 9.17) is 15.0 Å². The van der Waals surface area contributed by atoms with Crippen LogP contribution in [0.25, 0.3) is 11.5 Å². The SMILES string of the molecule is CC1(c2noc(-c3ccnc(N)c3)n2)CCCCO1. The van der Waals surface area contributed by atoms with Gasteiger partial charge < -0.3 is 15.0 Å². The van der Waals surface area contributed by atoms with E-state index in [2.05, 4.69) is 15.1 Å². The molecule has 2 aromatic rings. The van der Waals surface area contributed by atoms with Crippen LogP contribution in [0.3, 0.4) is 0 Å². The molecule has 0 bridgehead atoms. The monoisotopic (exact) mass is 260 g/mol. The molecule has 0 spiro atoms. The largest absolute Gasteiger partial charge is 0.384 e. The maximum Gasteiger partial charge on any atom is 0.258 e. The highest BCUT2D eigenvalue weighted by atomic mass is 16.5. The lowest BCUT2D eigenvalue weighted by Gasteiger charge is -2.30. The van der Waals surface area contributed by atoms with Gasteiger partial charge in [-0.1, -0.05) is 5.16 Å². The summed E-state index contributed by atoms with van der Waals surface area (Å²) in [6.07, 6.45) is 4.72. The fraction of sp³-hybridized carbons (Fsp3) is 0.462. The van der Waals surface area contributed by atoms with Crippen molar-refractivity contribution in [1.82, 2.24) is 15.1 Å². The summed E-state index contributed by atoms with van der Waals surface area (Å²) in [5.74, 6) is 1.47. The highest BCUT2D eigenvalue weighted by Gasteiger charge is 2.35. The van der Waals surface area contributed by atoms with Gasteiger partial charge in [-0.25, -0.2) is 4.98 Å². The minimum atomic E-state index is -0.446. The zero-order valence-corrected chi connectivity index (χ0v) is 10.8. The van der Waals surface area contributed by atoms with Crippen LogP contribution in [0.4, 0.5) is 5.82 Å². The van der Waals surface area contributed by atoms with Crippen molar-refractivity contribution in [1.29, 1.82) is 0 Å². The first-order valence-electron chi connectivity index (χ1n) is 6.37. The molecule has 0 radical (unpaired) electrons. The van der Waals surface area contributed by atoms with Gasteiger partial charge in [0.15, 0.2) is 0 Å². The molecule has 3 rings (SSSR count). The summed E-state index contributed by atoms with van der Waals surface area (Å²) >= 11 is 0. The van der Waals surface area contributed by atoms with Gasteiger partial charge in [-0.05, 0) is 38.3 Å². The lowest BCUT2D eigenvalue weighted by molar-refractivity contribution is -0.0770. The van der Waals surface area contributed by atoms with Gasteiger partial charge in [0.1, 0.15) is 11.4 Å². The molecule has 0 amide bonds. The molecule has 1 unspecified atom stereocenters. The van der Waals surface area contributed by atoms with Crippen molar-refractivity contribution < 1.29 is 9.26 Å². The molecular weight excluding hydrogens is 244 g/mol. The fourth-order valence-electron chi connectivity index (χ4n) is 2.25. The number of hydrogen-bond donors (Lipinski definition) is 1. The van der Waals surface area contributed by atoms with Crippen molar-refractivity contribution in [2.75, 3.05) is 12.3 Å². The molecule has 1 aliphatic heterocycles. The second kappa shape index (κ2) is 4.62. The third kappa shape index (κ3) is 2.31. The predicted molar refractivity (Wildman–Crippen MR) is 69.1 cm³/mol. The second-order valence-corrected chi connectivity index (χ2v) is 4.93. The Balaban J connectivity index is 1.91. The van der Waals surface area contributed by atoms with Gasteiger partial charge in [0.2, 0.25) is 5.82 Å². The Hall–Kier alpha value is -1.95. The van der Waals surface area contributed by atoms with Gasteiger partial charge in [-0.3, -0.25) is 0 Å². The van der Waals surface area contributed by atoms with Gasteiger partial charge in [0, 0.05) is 18.4 Å². The van der Waals surface area contributed by atoms with E-state index in [1.165, 1.54) is 0 Å². The number of nitrogen functional groups attached to an aromatic ring is 1. The van der Waals surface area contributed by atoms with Crippen molar-refractivity contribution in [2.45, 2.75) is 31.8 Å². The molecule has 6 heteroatoms. The summed E-state index contributed by atoms with van der Waals surface area (Å²) in [5.41, 5.74) is 5.97. The number of pyridine rings is 1. The first-order valence-corrected chi connectivity index (χ1v) is 6.37. The van der Waals surface area contributed by atoms with Crippen molar-refractivity contribution >= 4 is 5.82 Å². The number of nitrogens with two attached hydrogens (primary N) is 1. The Morgan fingerprint density at radius 3 is 3.00 bits per heavy atom. The molecule has 100 valence electrons. The average molecular weight is 260 g/mol. The quantitative estimate of drug-likeness (QED) is 0.890. The predicted octanol–water partition coefficient (Wildman–Crippen LogP) is 2.13. The highest BCUT2D eigenvalue weighted by molar-refractivity contribution is 5.56. The van der Waals surface area contributed by atoms with Crippen LogP contribution in [0.1, 0.15) is 32.0 Å². The summed E-state index contributed by atoms with van der Waals surface area (Å²) in [6, 6.07) is 3.50. The van der Waals surface area contributed by atoms with Gasteiger partial charge >= 0.3 is 0 Å². The molecule has 2 aromatic heterocycles. The topological polar surface area (TPSA) is 87.1 Å². The maximum atomic E-state index is 5.80. The van der Waals surface area contributed by atoms with Gasteiger partial charge in [-0.2, -0.15) is 4.98 Å². The summed E-state index contributed by atoms with van der Waals surface area (Å²) in [5, 5.41) is 4.05. The van der Waals surface area contributed by atoms with Crippen LogP contribution in [0.5, 0.6) is 0 Å². The molecule has 3 heterocycles. The van der Waals surface area contributed by atoms with Crippen LogP contribution < -0.4 is 5.73 Å². The Morgan fingerprint density at radius 2 is 2.26 bits per heavy atom. The summed E-state index contributed by atoms with van der Waals surface area (Å²) < 4.78 is 11.1. The van der Waals surface area contributed by atoms with Crippen LogP contribution in [0.2, 0.25) is 0 Å². The van der Waals surface area contributed by atoms with Crippen molar-refractivity contribution in [3.8, 4) is 11.5 Å². The standard InChI is InChI=1S/C13H16N4O2/c1-13(5-2-3-7-18-13)12-16-11(19-17-12)9-4-6-15-10(14)8-9/h4,6,8H,2-3,5,7H2,1H3,(H2,14,15). The Labute approximate surface area is 111 Å². The minimum absolute atomic E-state index is 0.428. The minimum Gasteiger partial charge on any atom is -0.384 e. The number of ether oxygens (including phenoxy) is 1. The lowest BCUT2D eigenvalue weighted by atomic mass is 9.95. The summed E-state index contributed by atoms with van der Waals surface area (Å²) in [4.78, 5) is 8.37. The summed E-state index contributed by atoms with van der Waals surface area (Å²) in [7, 11) is 0. The van der Waals surface area contributed by atoms with E-state index >= 15 is 0 Å². The second-order valence-electron chi connectivity index (χ2n) is 4.93. The molecule has 0 aromatic carbocycles. The van der Waals surface area contributed by atoms with E-state index in [1.54, 1.807) is 18.3 Å². The van der Waals surface area contributed by atoms with E-state index in [-0.39, 0.29) is 0 Å². The molecular formula is C13H16N4O2. The van der Waals surface area contributed by atoms with Crippen LogP contribution >= 0.6 is 0 Å². The van der Waals surface area contributed by atoms with Crippen molar-refractivity contribution in [3.05, 3.63) is 24.2 Å². The van der Waals surface area contributed by atoms with E-state index in [0.29, 0.717) is 17.5 Å². The van der Waals surface area contributed by atoms with Crippen LogP contribution in [-0.2, 0) is 10.3 Å². The highest BCUT2D eigenvalue weighted by Crippen LogP contribution is 2.33. The molecule has 19 heavy (non-hydrogen) atoms. The number of hydrogen-bond acceptors (Lipinski definition) is 6. The van der Waals surface area contributed by atoms with Crippen LogP contribution in [0.15, 0.2) is 22.9 Å². The first-order chi connectivity index (χ1) is 9.17. The van der Waals surface area contributed by atoms with E-state index < -0.39 is 5.60 Å². The average Bonchev–Trinajstić information content (AvgIpc) is 2.90. The number of nitrogens with zero attached hydrogens (tertiary/aromatic N) is 3. The first kappa shape index (κ1) is 12.1. The van der Waals surface area contributed by atoms with Crippen LogP contribution in [-0.4, -0.2) is 21.7 Å². The number of aromatic nitrogens is 3. The van der Waals surface area contributed by atoms with E-state index in [1.807, 2.05) is 6.92 Å².